The van der Waals surface area contributed by atoms with Crippen molar-refractivity contribution in [3.8, 4) is 22.8 Å². The first-order chi connectivity index (χ1) is 13.3. The van der Waals surface area contributed by atoms with Crippen LogP contribution in [0.1, 0.15) is 24.3 Å². The first-order valence-corrected chi connectivity index (χ1v) is 9.74. The molecule has 2 aliphatic rings. The zero-order chi connectivity index (χ0) is 18.2. The van der Waals surface area contributed by atoms with Crippen molar-refractivity contribution in [3.05, 3.63) is 53.7 Å². The van der Waals surface area contributed by atoms with Crippen molar-refractivity contribution < 1.29 is 14.3 Å². The molecule has 5 rings (SSSR count). The van der Waals surface area contributed by atoms with Gasteiger partial charge in [-0.3, -0.25) is 14.7 Å². The van der Waals surface area contributed by atoms with Crippen LogP contribution in [0.25, 0.3) is 11.3 Å². The number of pyridine rings is 1. The van der Waals surface area contributed by atoms with Crippen LogP contribution in [0, 0.1) is 0 Å². The summed E-state index contributed by atoms with van der Waals surface area (Å²) in [4.78, 5) is 23.7. The van der Waals surface area contributed by atoms with Crippen LogP contribution in [0.5, 0.6) is 11.5 Å². The zero-order valence-corrected chi connectivity index (χ0v) is 15.3. The van der Waals surface area contributed by atoms with E-state index in [0.717, 1.165) is 40.5 Å². The molecule has 0 radical (unpaired) electrons. The molecule has 0 saturated carbocycles. The molecule has 0 aliphatic carbocycles. The molecule has 136 valence electrons. The first kappa shape index (κ1) is 16.3. The smallest absolute Gasteiger partial charge is 0.236 e. The molecule has 2 aromatic heterocycles. The minimum absolute atomic E-state index is 0.0933. The average Bonchev–Trinajstić information content (AvgIpc) is 3.38. The number of anilines is 1. The van der Waals surface area contributed by atoms with Crippen molar-refractivity contribution in [2.24, 2.45) is 0 Å². The molecule has 0 bridgehead atoms. The van der Waals surface area contributed by atoms with E-state index in [1.54, 1.807) is 12.4 Å². The van der Waals surface area contributed by atoms with Gasteiger partial charge in [-0.05, 0) is 42.7 Å². The fourth-order valence-electron chi connectivity index (χ4n) is 3.55. The minimum Gasteiger partial charge on any atom is -0.454 e. The highest BCUT2D eigenvalue weighted by molar-refractivity contribution is 7.14. The Kier molecular flexibility index (Phi) is 4.01. The molecular weight excluding hydrogens is 362 g/mol. The van der Waals surface area contributed by atoms with E-state index in [1.807, 2.05) is 40.6 Å². The Morgan fingerprint density at radius 2 is 1.96 bits per heavy atom. The van der Waals surface area contributed by atoms with Crippen molar-refractivity contribution in [2.45, 2.75) is 18.8 Å². The van der Waals surface area contributed by atoms with Crippen LogP contribution >= 0.6 is 11.3 Å². The second-order valence-electron chi connectivity index (χ2n) is 6.55. The van der Waals surface area contributed by atoms with Gasteiger partial charge < -0.3 is 9.47 Å². The minimum atomic E-state index is -0.179. The fourth-order valence-corrected chi connectivity index (χ4v) is 4.41. The number of carbonyl (C=O) groups is 1. The number of amides is 1. The quantitative estimate of drug-likeness (QED) is 0.692. The molecule has 3 aromatic rings. The lowest BCUT2D eigenvalue weighted by Crippen LogP contribution is -2.40. The summed E-state index contributed by atoms with van der Waals surface area (Å²) < 4.78 is 10.8. The van der Waals surface area contributed by atoms with Gasteiger partial charge in [-0.2, -0.15) is 0 Å². The fraction of sp³-hybridized carbons (Fsp3) is 0.250. The molecule has 27 heavy (non-hydrogen) atoms. The van der Waals surface area contributed by atoms with E-state index >= 15 is 0 Å². The van der Waals surface area contributed by atoms with E-state index < -0.39 is 0 Å². The Hall–Kier alpha value is -2.93. The molecule has 6 nitrogen and oxygen atoms in total. The third-order valence-corrected chi connectivity index (χ3v) is 5.80. The monoisotopic (exact) mass is 379 g/mol. The number of fused-ring (bicyclic) bond motifs is 1. The van der Waals surface area contributed by atoms with Crippen LogP contribution in [0.2, 0.25) is 0 Å². The summed E-state index contributed by atoms with van der Waals surface area (Å²) in [5.74, 6) is 1.37. The number of benzene rings is 1. The summed E-state index contributed by atoms with van der Waals surface area (Å²) in [5, 5.41) is 2.74. The van der Waals surface area contributed by atoms with E-state index in [1.165, 1.54) is 11.3 Å². The number of piperidine rings is 1. The number of rotatable bonds is 3. The second kappa shape index (κ2) is 6.66. The van der Waals surface area contributed by atoms with E-state index in [2.05, 4.69) is 4.98 Å². The summed E-state index contributed by atoms with van der Waals surface area (Å²) in [6, 6.07) is 9.62. The van der Waals surface area contributed by atoms with Crippen molar-refractivity contribution in [1.82, 2.24) is 9.97 Å². The van der Waals surface area contributed by atoms with Gasteiger partial charge in [-0.1, -0.05) is 6.07 Å². The normalized spacial score (nSPS) is 18.7. The lowest BCUT2D eigenvalue weighted by Gasteiger charge is -2.30. The van der Waals surface area contributed by atoms with Gasteiger partial charge in [0.1, 0.15) is 0 Å². The van der Waals surface area contributed by atoms with Gasteiger partial charge in [0.15, 0.2) is 16.6 Å². The van der Waals surface area contributed by atoms with Gasteiger partial charge in [-0.15, -0.1) is 11.3 Å². The van der Waals surface area contributed by atoms with Crippen LogP contribution in [0.4, 0.5) is 5.13 Å². The van der Waals surface area contributed by atoms with Crippen LogP contribution in [0.15, 0.2) is 48.1 Å². The Bertz CT molecular complexity index is 989. The molecule has 4 heterocycles. The Balaban J connectivity index is 1.41. The Labute approximate surface area is 160 Å². The lowest BCUT2D eigenvalue weighted by molar-refractivity contribution is -0.121. The van der Waals surface area contributed by atoms with E-state index in [9.17, 15) is 4.79 Å². The third kappa shape index (κ3) is 2.94. The van der Waals surface area contributed by atoms with Crippen LogP contribution < -0.4 is 14.4 Å². The Morgan fingerprint density at radius 1 is 1.11 bits per heavy atom. The molecule has 1 atom stereocenters. The van der Waals surface area contributed by atoms with Gasteiger partial charge in [0.2, 0.25) is 12.7 Å². The van der Waals surface area contributed by atoms with Crippen LogP contribution in [0.3, 0.4) is 0 Å². The number of aromatic nitrogens is 2. The standard InChI is InChI=1S/C20H17N3O3S/c24-19-15(14-3-4-17-18(10-14)26-12-25-17)2-1-9-23(19)20-22-16(11-27-20)13-5-7-21-8-6-13/h3-8,10-11,15H,1-2,9,12H2. The number of nitrogens with zero attached hydrogens (tertiary/aromatic N) is 3. The number of hydrogen-bond donors (Lipinski definition) is 0. The molecule has 2 aliphatic heterocycles. The van der Waals surface area contributed by atoms with Crippen LogP contribution in [-0.4, -0.2) is 29.2 Å². The maximum atomic E-state index is 13.2. The lowest BCUT2D eigenvalue weighted by atomic mass is 9.90. The molecular formula is C20H17N3O3S. The molecule has 1 aromatic carbocycles. The van der Waals surface area contributed by atoms with Crippen molar-refractivity contribution in [3.63, 3.8) is 0 Å². The molecule has 0 spiro atoms. The number of carbonyl (C=O) groups excluding carboxylic acids is 1. The predicted molar refractivity (Wildman–Crippen MR) is 102 cm³/mol. The number of hydrogen-bond acceptors (Lipinski definition) is 6. The highest BCUT2D eigenvalue weighted by Gasteiger charge is 2.33. The SMILES string of the molecule is O=C1C(c2ccc3c(c2)OCO3)CCCN1c1nc(-c2ccncc2)cs1. The molecule has 7 heteroatoms. The summed E-state index contributed by atoms with van der Waals surface area (Å²) in [6.07, 6.45) is 5.26. The average molecular weight is 379 g/mol. The van der Waals surface area contributed by atoms with Gasteiger partial charge in [0.25, 0.3) is 0 Å². The van der Waals surface area contributed by atoms with E-state index in [4.69, 9.17) is 14.5 Å². The van der Waals surface area contributed by atoms with Gasteiger partial charge >= 0.3 is 0 Å². The second-order valence-corrected chi connectivity index (χ2v) is 7.39. The van der Waals surface area contributed by atoms with Crippen molar-refractivity contribution in [1.29, 1.82) is 0 Å². The van der Waals surface area contributed by atoms with E-state index in [0.29, 0.717) is 12.3 Å². The molecule has 1 unspecified atom stereocenters. The van der Waals surface area contributed by atoms with E-state index in [-0.39, 0.29) is 18.6 Å². The maximum absolute atomic E-state index is 13.2. The third-order valence-electron chi connectivity index (χ3n) is 4.94. The zero-order valence-electron chi connectivity index (χ0n) is 14.5. The number of thiazole rings is 1. The number of ether oxygens (including phenoxy) is 2. The largest absolute Gasteiger partial charge is 0.454 e. The first-order valence-electron chi connectivity index (χ1n) is 8.86. The highest BCUT2D eigenvalue weighted by Crippen LogP contribution is 2.39. The molecule has 1 fully saturated rings. The topological polar surface area (TPSA) is 64.6 Å². The van der Waals surface area contributed by atoms with Crippen LogP contribution in [-0.2, 0) is 4.79 Å². The highest BCUT2D eigenvalue weighted by atomic mass is 32.1. The van der Waals surface area contributed by atoms with Crippen molar-refractivity contribution in [2.75, 3.05) is 18.2 Å². The summed E-state index contributed by atoms with van der Waals surface area (Å²) in [5.41, 5.74) is 2.85. The summed E-state index contributed by atoms with van der Waals surface area (Å²) in [7, 11) is 0. The summed E-state index contributed by atoms with van der Waals surface area (Å²) >= 11 is 1.50. The van der Waals surface area contributed by atoms with Gasteiger partial charge in [0, 0.05) is 29.9 Å². The van der Waals surface area contributed by atoms with Gasteiger partial charge in [0.05, 0.1) is 11.6 Å². The predicted octanol–water partition coefficient (Wildman–Crippen LogP) is 3.84. The molecule has 0 N–H and O–H groups in total. The van der Waals surface area contributed by atoms with Gasteiger partial charge in [-0.25, -0.2) is 4.98 Å². The molecule has 1 saturated heterocycles. The maximum Gasteiger partial charge on any atom is 0.236 e. The molecule has 1 amide bonds. The van der Waals surface area contributed by atoms with Crippen molar-refractivity contribution >= 4 is 22.4 Å². The Morgan fingerprint density at radius 3 is 2.85 bits per heavy atom. The summed E-state index contributed by atoms with van der Waals surface area (Å²) in [6.45, 7) is 0.934.